The normalized spacial score (nSPS) is 23.5. The fraction of sp³-hybridized carbons (Fsp3) is 0.367. The van der Waals surface area contributed by atoms with Crippen molar-refractivity contribution < 1.29 is 33.6 Å². The number of rotatable bonds is 13. The smallest absolute Gasteiger partial charge is 0.303 e. The van der Waals surface area contributed by atoms with Gasteiger partial charge < -0.3 is 28.8 Å². The summed E-state index contributed by atoms with van der Waals surface area (Å²) in [5, 5.41) is 9.78. The van der Waals surface area contributed by atoms with Crippen LogP contribution >= 0.6 is 0 Å². The molecule has 0 spiro atoms. The molecule has 37 heavy (non-hydrogen) atoms. The van der Waals surface area contributed by atoms with Gasteiger partial charge in [-0.15, -0.1) is 0 Å². The summed E-state index contributed by atoms with van der Waals surface area (Å²) in [4.78, 5) is 11.9. The fourth-order valence-corrected chi connectivity index (χ4v) is 4.55. The highest BCUT2D eigenvalue weighted by molar-refractivity contribution is 5.67. The standard InChI is InChI=1S/C30H34O7/c1-33-30-29(36-20-24-15-9-4-10-16-24)28(35-19-23-13-7-3-8-14-23)25(17-27(31)32)26(37-30)21-34-18-22-11-5-2-6-12-22/h2-16,25-26,28-30H,17-21H2,1H3,(H,31,32)/t25-,26?,28?,29?,30+/m1/s1. The van der Waals surface area contributed by atoms with Gasteiger partial charge in [-0.2, -0.15) is 0 Å². The second-order valence-corrected chi connectivity index (χ2v) is 9.06. The van der Waals surface area contributed by atoms with Crippen molar-refractivity contribution in [1.82, 2.24) is 0 Å². The minimum atomic E-state index is -0.937. The average molecular weight is 507 g/mol. The molecular formula is C30H34O7. The minimum Gasteiger partial charge on any atom is -0.481 e. The summed E-state index contributed by atoms with van der Waals surface area (Å²) in [6.07, 6.45) is -2.69. The number of benzene rings is 3. The maximum absolute atomic E-state index is 11.9. The molecule has 1 N–H and O–H groups in total. The molecule has 1 aliphatic heterocycles. The average Bonchev–Trinajstić information content (AvgIpc) is 2.93. The van der Waals surface area contributed by atoms with E-state index in [1.54, 1.807) is 7.11 Å². The maximum atomic E-state index is 11.9. The van der Waals surface area contributed by atoms with E-state index in [4.69, 9.17) is 23.7 Å². The zero-order valence-corrected chi connectivity index (χ0v) is 21.0. The van der Waals surface area contributed by atoms with Gasteiger partial charge in [0, 0.05) is 13.0 Å². The number of carboxylic acids is 1. The Hall–Kier alpha value is -3.07. The number of hydrogen-bond donors (Lipinski definition) is 1. The Morgan fingerprint density at radius 1 is 0.757 bits per heavy atom. The van der Waals surface area contributed by atoms with Crippen molar-refractivity contribution in [2.75, 3.05) is 13.7 Å². The van der Waals surface area contributed by atoms with Gasteiger partial charge >= 0.3 is 5.97 Å². The summed E-state index contributed by atoms with van der Waals surface area (Å²) in [6.45, 7) is 1.21. The molecule has 3 unspecified atom stereocenters. The molecule has 1 heterocycles. The van der Waals surface area contributed by atoms with Crippen LogP contribution in [0, 0.1) is 5.92 Å². The van der Waals surface area contributed by atoms with Crippen molar-refractivity contribution in [2.45, 2.75) is 50.8 Å². The lowest BCUT2D eigenvalue weighted by atomic mass is 9.86. The van der Waals surface area contributed by atoms with Crippen LogP contribution in [0.25, 0.3) is 0 Å². The van der Waals surface area contributed by atoms with E-state index in [1.165, 1.54) is 0 Å². The Labute approximate surface area is 217 Å². The Balaban J connectivity index is 1.54. The van der Waals surface area contributed by atoms with Crippen molar-refractivity contribution in [1.29, 1.82) is 0 Å². The Morgan fingerprint density at radius 3 is 1.73 bits per heavy atom. The molecule has 0 amide bonds. The molecule has 0 saturated carbocycles. The van der Waals surface area contributed by atoms with Gasteiger partial charge in [-0.05, 0) is 16.7 Å². The van der Waals surface area contributed by atoms with Gasteiger partial charge in [-0.1, -0.05) is 91.0 Å². The van der Waals surface area contributed by atoms with Crippen LogP contribution in [0.4, 0.5) is 0 Å². The second kappa shape index (κ2) is 14.0. The van der Waals surface area contributed by atoms with Gasteiger partial charge in [-0.3, -0.25) is 4.79 Å². The van der Waals surface area contributed by atoms with E-state index < -0.39 is 36.5 Å². The third kappa shape index (κ3) is 7.95. The van der Waals surface area contributed by atoms with Crippen LogP contribution < -0.4 is 0 Å². The first-order chi connectivity index (χ1) is 18.1. The van der Waals surface area contributed by atoms with E-state index in [-0.39, 0.29) is 13.0 Å². The molecule has 0 radical (unpaired) electrons. The molecule has 1 fully saturated rings. The number of methoxy groups -OCH3 is 1. The predicted molar refractivity (Wildman–Crippen MR) is 138 cm³/mol. The lowest BCUT2D eigenvalue weighted by Crippen LogP contribution is -2.58. The van der Waals surface area contributed by atoms with Gasteiger partial charge in [0.2, 0.25) is 0 Å². The molecule has 3 aromatic rings. The van der Waals surface area contributed by atoms with Gasteiger partial charge in [0.05, 0.1) is 45.1 Å². The van der Waals surface area contributed by atoms with Gasteiger partial charge in [0.1, 0.15) is 6.10 Å². The number of aliphatic carboxylic acids is 1. The highest BCUT2D eigenvalue weighted by Gasteiger charge is 2.48. The van der Waals surface area contributed by atoms with Gasteiger partial charge in [0.15, 0.2) is 6.29 Å². The minimum absolute atomic E-state index is 0.152. The summed E-state index contributed by atoms with van der Waals surface area (Å²) < 4.78 is 30.6. The molecule has 1 saturated heterocycles. The first-order valence-electron chi connectivity index (χ1n) is 12.5. The van der Waals surface area contributed by atoms with E-state index in [9.17, 15) is 9.90 Å². The largest absolute Gasteiger partial charge is 0.481 e. The summed E-state index contributed by atoms with van der Waals surface area (Å²) in [7, 11) is 1.55. The summed E-state index contributed by atoms with van der Waals surface area (Å²) in [5.41, 5.74) is 3.00. The first kappa shape index (κ1) is 27.0. The highest BCUT2D eigenvalue weighted by Crippen LogP contribution is 2.34. The molecule has 3 aromatic carbocycles. The lowest BCUT2D eigenvalue weighted by Gasteiger charge is -2.45. The van der Waals surface area contributed by atoms with Crippen LogP contribution in [0.5, 0.6) is 0 Å². The zero-order chi connectivity index (χ0) is 25.9. The van der Waals surface area contributed by atoms with Crippen LogP contribution in [0.1, 0.15) is 23.1 Å². The summed E-state index contributed by atoms with van der Waals surface area (Å²) >= 11 is 0. The number of ether oxygens (including phenoxy) is 5. The fourth-order valence-electron chi connectivity index (χ4n) is 4.55. The van der Waals surface area contributed by atoms with Crippen molar-refractivity contribution in [3.05, 3.63) is 108 Å². The van der Waals surface area contributed by atoms with Crippen LogP contribution in [0.15, 0.2) is 91.0 Å². The third-order valence-electron chi connectivity index (χ3n) is 6.41. The monoisotopic (exact) mass is 506 g/mol. The molecule has 1 aliphatic rings. The maximum Gasteiger partial charge on any atom is 0.303 e. The third-order valence-corrected chi connectivity index (χ3v) is 6.41. The van der Waals surface area contributed by atoms with Gasteiger partial charge in [-0.25, -0.2) is 0 Å². The zero-order valence-electron chi connectivity index (χ0n) is 21.0. The van der Waals surface area contributed by atoms with E-state index in [0.717, 1.165) is 16.7 Å². The van der Waals surface area contributed by atoms with Crippen LogP contribution in [-0.4, -0.2) is 49.4 Å². The van der Waals surface area contributed by atoms with Crippen molar-refractivity contribution in [3.63, 3.8) is 0 Å². The molecular weight excluding hydrogens is 472 g/mol. The molecule has 7 nitrogen and oxygen atoms in total. The number of hydrogen-bond acceptors (Lipinski definition) is 6. The lowest BCUT2D eigenvalue weighted by molar-refractivity contribution is -0.305. The molecule has 0 aromatic heterocycles. The molecule has 4 rings (SSSR count). The van der Waals surface area contributed by atoms with E-state index in [2.05, 4.69) is 0 Å². The molecule has 0 aliphatic carbocycles. The number of carbonyl (C=O) groups is 1. The second-order valence-electron chi connectivity index (χ2n) is 9.06. The topological polar surface area (TPSA) is 83.5 Å². The van der Waals surface area contributed by atoms with E-state index in [0.29, 0.717) is 19.8 Å². The van der Waals surface area contributed by atoms with Crippen LogP contribution in [-0.2, 0) is 48.3 Å². The van der Waals surface area contributed by atoms with Crippen molar-refractivity contribution in [3.8, 4) is 0 Å². The molecule has 0 bridgehead atoms. The predicted octanol–water partition coefficient (Wildman–Crippen LogP) is 4.84. The number of carboxylic acid groups (broad SMARTS) is 1. The van der Waals surface area contributed by atoms with Crippen LogP contribution in [0.3, 0.4) is 0 Å². The van der Waals surface area contributed by atoms with Crippen molar-refractivity contribution >= 4 is 5.97 Å². The Bertz CT molecular complexity index is 1060. The molecule has 196 valence electrons. The molecule has 5 atom stereocenters. The van der Waals surface area contributed by atoms with Gasteiger partial charge in [0.25, 0.3) is 0 Å². The highest BCUT2D eigenvalue weighted by atomic mass is 16.7. The quantitative estimate of drug-likeness (QED) is 0.355. The first-order valence-corrected chi connectivity index (χ1v) is 12.5. The van der Waals surface area contributed by atoms with E-state index in [1.807, 2.05) is 91.0 Å². The van der Waals surface area contributed by atoms with Crippen LogP contribution in [0.2, 0.25) is 0 Å². The summed E-state index contributed by atoms with van der Waals surface area (Å²) in [6, 6.07) is 29.4. The molecule has 7 heteroatoms. The Morgan fingerprint density at radius 2 is 1.24 bits per heavy atom. The van der Waals surface area contributed by atoms with E-state index >= 15 is 0 Å². The summed E-state index contributed by atoms with van der Waals surface area (Å²) in [5.74, 6) is -1.45. The SMILES string of the molecule is CO[C@H]1OC(COCc2ccccc2)[C@@H](CC(=O)O)C(OCc2ccccc2)C1OCc1ccccc1. The Kier molecular flexibility index (Phi) is 10.2. The van der Waals surface area contributed by atoms with Crippen molar-refractivity contribution in [2.24, 2.45) is 5.92 Å².